The summed E-state index contributed by atoms with van der Waals surface area (Å²) in [6.45, 7) is 2.23. The third-order valence-electron chi connectivity index (χ3n) is 6.47. The van der Waals surface area contributed by atoms with Crippen LogP contribution in [0.1, 0.15) is 83.5 Å². The number of hydrogen-bond acceptors (Lipinski definition) is 2. The average molecular weight is 389 g/mol. The van der Waals surface area contributed by atoms with Gasteiger partial charge in [0.2, 0.25) is 0 Å². The lowest BCUT2D eigenvalue weighted by atomic mass is 9.66. The van der Waals surface area contributed by atoms with Gasteiger partial charge in [-0.3, -0.25) is 0 Å². The van der Waals surface area contributed by atoms with E-state index in [2.05, 4.69) is 15.9 Å². The van der Waals surface area contributed by atoms with Crippen LogP contribution in [0.2, 0.25) is 0 Å². The highest BCUT2D eigenvalue weighted by Gasteiger charge is 2.44. The maximum atomic E-state index is 10.1. The van der Waals surface area contributed by atoms with E-state index >= 15 is 0 Å². The minimum Gasteiger partial charge on any atom is -0.396 e. The van der Waals surface area contributed by atoms with Gasteiger partial charge in [-0.2, -0.15) is 0 Å². The lowest BCUT2D eigenvalue weighted by Crippen LogP contribution is -2.36. The molecule has 0 spiro atoms. The van der Waals surface area contributed by atoms with Gasteiger partial charge in [0.25, 0.3) is 0 Å². The minimum atomic E-state index is 0.389. The molecule has 2 saturated carbocycles. The van der Waals surface area contributed by atoms with Gasteiger partial charge in [0.15, 0.2) is 0 Å². The molecule has 0 amide bonds. The van der Waals surface area contributed by atoms with E-state index in [0.717, 1.165) is 24.5 Å². The normalized spacial score (nSPS) is 22.7. The molecule has 0 bridgehead atoms. The van der Waals surface area contributed by atoms with Crippen molar-refractivity contribution >= 4 is 15.9 Å². The fraction of sp³-hybridized carbons (Fsp3) is 1.00. The first-order chi connectivity index (χ1) is 11.3. The minimum absolute atomic E-state index is 0.389. The fourth-order valence-corrected chi connectivity index (χ4v) is 5.51. The highest BCUT2D eigenvalue weighted by Crippen LogP contribution is 2.52. The van der Waals surface area contributed by atoms with Crippen molar-refractivity contribution in [2.45, 2.75) is 83.5 Å². The maximum Gasteiger partial charge on any atom is 0.0471 e. The molecule has 0 aromatic rings. The van der Waals surface area contributed by atoms with Gasteiger partial charge in [-0.25, -0.2) is 0 Å². The molecule has 2 aliphatic rings. The topological polar surface area (TPSA) is 29.5 Å². The summed E-state index contributed by atoms with van der Waals surface area (Å²) in [5.41, 5.74) is 0.389. The quantitative estimate of drug-likeness (QED) is 0.342. The highest BCUT2D eigenvalue weighted by molar-refractivity contribution is 9.09. The first-order valence-corrected chi connectivity index (χ1v) is 11.2. The van der Waals surface area contributed by atoms with Gasteiger partial charge in [0.1, 0.15) is 0 Å². The Balaban J connectivity index is 1.72. The van der Waals surface area contributed by atoms with Crippen molar-refractivity contribution in [1.82, 2.24) is 0 Å². The molecule has 2 aliphatic carbocycles. The zero-order chi connectivity index (χ0) is 16.4. The molecule has 0 aromatic heterocycles. The molecule has 0 aromatic carbocycles. The number of aliphatic hydroxyl groups excluding tert-OH is 1. The number of ether oxygens (including phenoxy) is 1. The first kappa shape index (κ1) is 19.7. The van der Waals surface area contributed by atoms with Crippen molar-refractivity contribution in [2.24, 2.45) is 17.3 Å². The van der Waals surface area contributed by atoms with E-state index in [0.29, 0.717) is 17.9 Å². The Morgan fingerprint density at radius 3 is 2.30 bits per heavy atom. The Morgan fingerprint density at radius 1 is 0.957 bits per heavy atom. The zero-order valence-corrected chi connectivity index (χ0v) is 16.5. The Morgan fingerprint density at radius 2 is 1.65 bits per heavy atom. The molecular weight excluding hydrogens is 352 g/mol. The predicted molar refractivity (Wildman–Crippen MR) is 101 cm³/mol. The van der Waals surface area contributed by atoms with E-state index in [4.69, 9.17) is 4.74 Å². The van der Waals surface area contributed by atoms with Crippen LogP contribution in [0.15, 0.2) is 0 Å². The molecule has 3 heteroatoms. The smallest absolute Gasteiger partial charge is 0.0471 e. The molecular formula is C20H37BrO2. The second-order valence-electron chi connectivity index (χ2n) is 7.87. The summed E-state index contributed by atoms with van der Waals surface area (Å²) in [5.74, 6) is 1.32. The van der Waals surface area contributed by atoms with Crippen molar-refractivity contribution in [3.63, 3.8) is 0 Å². The SMILES string of the molecule is OCC(C1CCCC1)C1(CCOCCCCCCBr)CCCC1. The number of hydrogen-bond donors (Lipinski definition) is 1. The van der Waals surface area contributed by atoms with E-state index in [9.17, 15) is 5.11 Å². The van der Waals surface area contributed by atoms with Crippen LogP contribution in [0.4, 0.5) is 0 Å². The van der Waals surface area contributed by atoms with Gasteiger partial charge in [-0.1, -0.05) is 67.3 Å². The van der Waals surface area contributed by atoms with Gasteiger partial charge >= 0.3 is 0 Å². The zero-order valence-electron chi connectivity index (χ0n) is 14.9. The second-order valence-corrected chi connectivity index (χ2v) is 8.66. The fourth-order valence-electron chi connectivity index (χ4n) is 5.12. The standard InChI is InChI=1S/C20H37BrO2/c21-14-7-1-2-8-15-23-16-13-20(11-5-6-12-20)19(17-22)18-9-3-4-10-18/h18-19,22H,1-17H2. The Kier molecular flexibility index (Phi) is 9.52. The van der Waals surface area contributed by atoms with E-state index < -0.39 is 0 Å². The van der Waals surface area contributed by atoms with Crippen LogP contribution in [-0.2, 0) is 4.74 Å². The molecule has 1 N–H and O–H groups in total. The van der Waals surface area contributed by atoms with Crippen molar-refractivity contribution in [3.8, 4) is 0 Å². The summed E-state index contributed by atoms with van der Waals surface area (Å²) in [7, 11) is 0. The molecule has 0 aliphatic heterocycles. The van der Waals surface area contributed by atoms with Gasteiger partial charge in [-0.15, -0.1) is 0 Å². The van der Waals surface area contributed by atoms with Crippen molar-refractivity contribution in [3.05, 3.63) is 0 Å². The largest absolute Gasteiger partial charge is 0.396 e. The number of aliphatic hydroxyl groups is 1. The van der Waals surface area contributed by atoms with E-state index in [1.807, 2.05) is 0 Å². The first-order valence-electron chi connectivity index (χ1n) is 10.1. The number of halogens is 1. The summed E-state index contributed by atoms with van der Waals surface area (Å²) in [4.78, 5) is 0. The molecule has 0 saturated heterocycles. The van der Waals surface area contributed by atoms with Crippen LogP contribution in [-0.4, -0.2) is 30.3 Å². The molecule has 2 fully saturated rings. The van der Waals surface area contributed by atoms with E-state index in [1.54, 1.807) is 0 Å². The summed E-state index contributed by atoms with van der Waals surface area (Å²) in [6, 6.07) is 0. The Bertz CT molecular complexity index is 296. The second kappa shape index (κ2) is 11.1. The van der Waals surface area contributed by atoms with Gasteiger partial charge in [0.05, 0.1) is 0 Å². The highest BCUT2D eigenvalue weighted by atomic mass is 79.9. The van der Waals surface area contributed by atoms with Gasteiger partial charge in [-0.05, 0) is 49.4 Å². The number of alkyl halides is 1. The van der Waals surface area contributed by atoms with Crippen molar-refractivity contribution < 1.29 is 9.84 Å². The third-order valence-corrected chi connectivity index (χ3v) is 7.03. The molecule has 136 valence electrons. The molecule has 1 atom stereocenters. The summed E-state index contributed by atoms with van der Waals surface area (Å²) >= 11 is 3.48. The van der Waals surface area contributed by atoms with Crippen LogP contribution in [0.25, 0.3) is 0 Å². The van der Waals surface area contributed by atoms with Crippen LogP contribution in [0, 0.1) is 17.3 Å². The van der Waals surface area contributed by atoms with E-state index in [-0.39, 0.29) is 0 Å². The van der Waals surface area contributed by atoms with Crippen LogP contribution >= 0.6 is 15.9 Å². The average Bonchev–Trinajstić information content (AvgIpc) is 3.24. The van der Waals surface area contributed by atoms with Crippen LogP contribution < -0.4 is 0 Å². The third kappa shape index (κ3) is 6.01. The van der Waals surface area contributed by atoms with E-state index in [1.165, 1.54) is 83.5 Å². The summed E-state index contributed by atoms with van der Waals surface area (Å²) in [5, 5.41) is 11.2. The van der Waals surface area contributed by atoms with Crippen molar-refractivity contribution in [1.29, 1.82) is 0 Å². The molecule has 23 heavy (non-hydrogen) atoms. The maximum absolute atomic E-state index is 10.1. The lowest BCUT2D eigenvalue weighted by molar-refractivity contribution is 0.0104. The number of rotatable bonds is 12. The summed E-state index contributed by atoms with van der Waals surface area (Å²) < 4.78 is 5.96. The Labute approximate surface area is 151 Å². The molecule has 2 rings (SSSR count). The Hall–Kier alpha value is 0.400. The number of unbranched alkanes of at least 4 members (excludes halogenated alkanes) is 3. The van der Waals surface area contributed by atoms with Crippen LogP contribution in [0.3, 0.4) is 0 Å². The van der Waals surface area contributed by atoms with Crippen molar-refractivity contribution in [2.75, 3.05) is 25.2 Å². The predicted octanol–water partition coefficient (Wildman–Crippen LogP) is 5.71. The van der Waals surface area contributed by atoms with Gasteiger partial charge in [0, 0.05) is 25.2 Å². The molecule has 2 nitrogen and oxygen atoms in total. The molecule has 1 unspecified atom stereocenters. The molecule has 0 heterocycles. The molecule has 0 radical (unpaired) electrons. The lowest BCUT2D eigenvalue weighted by Gasteiger charge is -2.40. The van der Waals surface area contributed by atoms with Gasteiger partial charge < -0.3 is 9.84 Å². The van der Waals surface area contributed by atoms with Crippen LogP contribution in [0.5, 0.6) is 0 Å². The summed E-state index contributed by atoms with van der Waals surface area (Å²) in [6.07, 6.45) is 17.1. The monoisotopic (exact) mass is 388 g/mol.